The summed E-state index contributed by atoms with van der Waals surface area (Å²) in [5.41, 5.74) is 2.13. The highest BCUT2D eigenvalue weighted by Gasteiger charge is 2.30. The first-order valence-electron chi connectivity index (χ1n) is 5.30. The molecule has 0 N–H and O–H groups in total. The normalized spacial score (nSPS) is 19.8. The number of para-hydroxylation sites is 1. The minimum absolute atomic E-state index is 0.155. The van der Waals surface area contributed by atoms with Gasteiger partial charge in [-0.2, -0.15) is 0 Å². The summed E-state index contributed by atoms with van der Waals surface area (Å²) in [6, 6.07) is 8.05. The van der Waals surface area contributed by atoms with Gasteiger partial charge >= 0.3 is 0 Å². The van der Waals surface area contributed by atoms with E-state index in [1.165, 1.54) is 5.56 Å². The summed E-state index contributed by atoms with van der Waals surface area (Å²) in [5, 5.41) is 0. The van der Waals surface area contributed by atoms with Gasteiger partial charge in [0.25, 0.3) is 5.91 Å². The van der Waals surface area contributed by atoms with Crippen LogP contribution in [-0.4, -0.2) is 16.8 Å². The van der Waals surface area contributed by atoms with Gasteiger partial charge in [-0.05, 0) is 31.4 Å². The zero-order valence-electron chi connectivity index (χ0n) is 8.99. The van der Waals surface area contributed by atoms with Crippen molar-refractivity contribution in [2.45, 2.75) is 30.6 Å². The second kappa shape index (κ2) is 4.64. The van der Waals surface area contributed by atoms with Crippen LogP contribution in [0.2, 0.25) is 0 Å². The number of amides is 1. The van der Waals surface area contributed by atoms with Crippen molar-refractivity contribution in [2.24, 2.45) is 0 Å². The number of anilines is 1. The lowest BCUT2D eigenvalue weighted by Gasteiger charge is -2.35. The third-order valence-electron chi connectivity index (χ3n) is 2.95. The summed E-state index contributed by atoms with van der Waals surface area (Å²) >= 11 is 11.3. The molecule has 16 heavy (non-hydrogen) atoms. The van der Waals surface area contributed by atoms with Crippen molar-refractivity contribution >= 4 is 34.8 Å². The van der Waals surface area contributed by atoms with E-state index in [-0.39, 0.29) is 11.9 Å². The van der Waals surface area contributed by atoms with E-state index < -0.39 is 4.84 Å². The van der Waals surface area contributed by atoms with Crippen molar-refractivity contribution in [1.82, 2.24) is 0 Å². The molecule has 1 aromatic rings. The molecular formula is C12H13Cl2NO. The number of carbonyl (C=O) groups excluding carboxylic acids is 1. The Kier molecular flexibility index (Phi) is 3.41. The Morgan fingerprint density at radius 3 is 2.81 bits per heavy atom. The van der Waals surface area contributed by atoms with Crippen LogP contribution in [0.3, 0.4) is 0 Å². The van der Waals surface area contributed by atoms with E-state index in [0.29, 0.717) is 0 Å². The first-order valence-corrected chi connectivity index (χ1v) is 6.17. The number of fused-ring (bicyclic) bond motifs is 1. The Balaban J connectivity index is 2.40. The number of rotatable bonds is 1. The maximum Gasteiger partial charge on any atom is 0.260 e. The summed E-state index contributed by atoms with van der Waals surface area (Å²) in [7, 11) is 0. The van der Waals surface area contributed by atoms with E-state index in [2.05, 4.69) is 0 Å². The molecule has 1 amide bonds. The minimum atomic E-state index is -0.992. The van der Waals surface area contributed by atoms with Gasteiger partial charge in [0.2, 0.25) is 0 Å². The average molecular weight is 258 g/mol. The topological polar surface area (TPSA) is 20.3 Å². The number of carbonyl (C=O) groups is 1. The largest absolute Gasteiger partial charge is 0.307 e. The Morgan fingerprint density at radius 1 is 1.44 bits per heavy atom. The zero-order chi connectivity index (χ0) is 11.7. The molecule has 1 unspecified atom stereocenters. The summed E-state index contributed by atoms with van der Waals surface area (Å²) in [4.78, 5) is 12.7. The number of halogens is 2. The fraction of sp³-hybridized carbons (Fsp3) is 0.417. The van der Waals surface area contributed by atoms with E-state index in [0.717, 1.165) is 18.5 Å². The molecule has 0 fully saturated rings. The Bertz CT molecular complexity index is 406. The van der Waals surface area contributed by atoms with Gasteiger partial charge in [-0.15, -0.1) is 0 Å². The van der Waals surface area contributed by atoms with E-state index in [1.807, 2.05) is 31.2 Å². The highest BCUT2D eigenvalue weighted by atomic mass is 35.5. The highest BCUT2D eigenvalue weighted by Crippen LogP contribution is 2.31. The van der Waals surface area contributed by atoms with Gasteiger partial charge in [-0.1, -0.05) is 41.4 Å². The van der Waals surface area contributed by atoms with E-state index >= 15 is 0 Å². The van der Waals surface area contributed by atoms with Crippen LogP contribution < -0.4 is 4.90 Å². The molecule has 2 rings (SSSR count). The standard InChI is InChI=1S/C12H13Cl2NO/c1-8-6-7-9-4-2-3-5-10(9)15(8)12(16)11(13)14/h2-5,8,11H,6-7H2,1H3. The number of alkyl halides is 2. The van der Waals surface area contributed by atoms with E-state index in [1.54, 1.807) is 4.90 Å². The van der Waals surface area contributed by atoms with Crippen LogP contribution in [0.4, 0.5) is 5.69 Å². The quantitative estimate of drug-likeness (QED) is 0.708. The second-order valence-electron chi connectivity index (χ2n) is 4.03. The summed E-state index contributed by atoms with van der Waals surface area (Å²) in [5.74, 6) is -0.233. The predicted molar refractivity (Wildman–Crippen MR) is 67.2 cm³/mol. The fourth-order valence-corrected chi connectivity index (χ4v) is 2.34. The molecule has 0 saturated carbocycles. The van der Waals surface area contributed by atoms with Crippen molar-refractivity contribution in [1.29, 1.82) is 0 Å². The van der Waals surface area contributed by atoms with Crippen LogP contribution in [0.25, 0.3) is 0 Å². The molecule has 1 heterocycles. The molecule has 86 valence electrons. The zero-order valence-corrected chi connectivity index (χ0v) is 10.5. The Labute approximate surface area is 105 Å². The lowest BCUT2D eigenvalue weighted by molar-refractivity contribution is -0.117. The van der Waals surface area contributed by atoms with Crippen LogP contribution >= 0.6 is 23.2 Å². The molecule has 1 aliphatic rings. The molecule has 4 heteroatoms. The van der Waals surface area contributed by atoms with Gasteiger partial charge in [0.15, 0.2) is 4.84 Å². The smallest absolute Gasteiger partial charge is 0.260 e. The Hall–Kier alpha value is -0.730. The molecule has 0 radical (unpaired) electrons. The van der Waals surface area contributed by atoms with Gasteiger partial charge in [0.1, 0.15) is 0 Å². The minimum Gasteiger partial charge on any atom is -0.307 e. The summed E-state index contributed by atoms with van der Waals surface area (Å²) in [6.45, 7) is 2.02. The van der Waals surface area contributed by atoms with E-state index in [9.17, 15) is 4.79 Å². The number of hydrogen-bond donors (Lipinski definition) is 0. The molecule has 2 nitrogen and oxygen atoms in total. The predicted octanol–water partition coefficient (Wildman–Crippen LogP) is 3.16. The van der Waals surface area contributed by atoms with Crippen molar-refractivity contribution < 1.29 is 4.79 Å². The summed E-state index contributed by atoms with van der Waals surface area (Å²) < 4.78 is 0. The number of aryl methyl sites for hydroxylation is 1. The first-order chi connectivity index (χ1) is 7.61. The molecule has 1 atom stereocenters. The molecule has 1 aromatic carbocycles. The molecule has 0 aliphatic carbocycles. The van der Waals surface area contributed by atoms with Gasteiger partial charge < -0.3 is 4.90 Å². The van der Waals surface area contributed by atoms with Gasteiger partial charge in [-0.3, -0.25) is 4.79 Å². The lowest BCUT2D eigenvalue weighted by Crippen LogP contribution is -2.44. The second-order valence-corrected chi connectivity index (χ2v) is 5.12. The number of nitrogens with zero attached hydrogens (tertiary/aromatic N) is 1. The van der Waals surface area contributed by atoms with Crippen LogP contribution in [0, 0.1) is 0 Å². The third-order valence-corrected chi connectivity index (χ3v) is 3.32. The first kappa shape index (κ1) is 11.7. The molecule has 0 spiro atoms. The maximum atomic E-state index is 11.9. The highest BCUT2D eigenvalue weighted by molar-refractivity contribution is 6.54. The van der Waals surface area contributed by atoms with Crippen molar-refractivity contribution in [3.05, 3.63) is 29.8 Å². The van der Waals surface area contributed by atoms with Gasteiger partial charge in [0.05, 0.1) is 0 Å². The fourth-order valence-electron chi connectivity index (χ4n) is 2.13. The molecule has 0 saturated heterocycles. The van der Waals surface area contributed by atoms with Gasteiger partial charge in [0, 0.05) is 11.7 Å². The molecule has 0 bridgehead atoms. The maximum absolute atomic E-state index is 11.9. The van der Waals surface area contributed by atoms with Crippen molar-refractivity contribution in [3.63, 3.8) is 0 Å². The SMILES string of the molecule is CC1CCc2ccccc2N1C(=O)C(Cl)Cl. The van der Waals surface area contributed by atoms with Crippen molar-refractivity contribution in [3.8, 4) is 0 Å². The third kappa shape index (κ3) is 2.04. The summed E-state index contributed by atoms with van der Waals surface area (Å²) in [6.07, 6.45) is 1.94. The lowest BCUT2D eigenvalue weighted by atomic mass is 9.97. The van der Waals surface area contributed by atoms with Gasteiger partial charge in [-0.25, -0.2) is 0 Å². The molecule has 1 aliphatic heterocycles. The monoisotopic (exact) mass is 257 g/mol. The number of hydrogen-bond acceptors (Lipinski definition) is 1. The van der Waals surface area contributed by atoms with Crippen LogP contribution in [-0.2, 0) is 11.2 Å². The van der Waals surface area contributed by atoms with Crippen LogP contribution in [0.5, 0.6) is 0 Å². The molecular weight excluding hydrogens is 245 g/mol. The average Bonchev–Trinajstić information content (AvgIpc) is 2.28. The molecule has 0 aromatic heterocycles. The van der Waals surface area contributed by atoms with Crippen LogP contribution in [0.15, 0.2) is 24.3 Å². The van der Waals surface area contributed by atoms with Crippen LogP contribution in [0.1, 0.15) is 18.9 Å². The van der Waals surface area contributed by atoms with E-state index in [4.69, 9.17) is 23.2 Å². The van der Waals surface area contributed by atoms with Crippen molar-refractivity contribution in [2.75, 3.05) is 4.90 Å². The number of benzene rings is 1. The Morgan fingerprint density at radius 2 is 2.12 bits per heavy atom.